The number of hydrogen-bond acceptors (Lipinski definition) is 6. The van der Waals surface area contributed by atoms with Crippen LogP contribution in [0.5, 0.6) is 5.75 Å². The number of hydrogen-bond donors (Lipinski definition) is 1. The molecule has 1 N–H and O–H groups in total. The number of carbonyl (C=O) groups excluding carboxylic acids is 4. The number of benzene rings is 4. The molecule has 0 unspecified atom stereocenters. The van der Waals surface area contributed by atoms with Crippen LogP contribution in [-0.2, 0) is 19.1 Å². The summed E-state index contributed by atoms with van der Waals surface area (Å²) in [7, 11) is 0. The van der Waals surface area contributed by atoms with Gasteiger partial charge in [0, 0.05) is 17.5 Å². The van der Waals surface area contributed by atoms with Crippen molar-refractivity contribution in [3.05, 3.63) is 125 Å². The molecule has 3 amide bonds. The van der Waals surface area contributed by atoms with Gasteiger partial charge < -0.3 is 14.8 Å². The van der Waals surface area contributed by atoms with Gasteiger partial charge in [0.05, 0.1) is 29.7 Å². The Morgan fingerprint density at radius 2 is 1.23 bits per heavy atom. The predicted molar refractivity (Wildman–Crippen MR) is 159 cm³/mol. The molecule has 1 aliphatic heterocycles. The van der Waals surface area contributed by atoms with Crippen molar-refractivity contribution in [1.29, 1.82) is 0 Å². The number of imide groups is 1. The monoisotopic (exact) mass is 572 g/mol. The van der Waals surface area contributed by atoms with Crippen molar-refractivity contribution in [2.24, 2.45) is 11.8 Å². The largest absolute Gasteiger partial charge is 0.494 e. The first-order valence-electron chi connectivity index (χ1n) is 14.3. The van der Waals surface area contributed by atoms with Gasteiger partial charge in [-0.05, 0) is 65.6 Å². The highest BCUT2D eigenvalue weighted by Crippen LogP contribution is 2.61. The Hall–Kier alpha value is -5.24. The van der Waals surface area contributed by atoms with Gasteiger partial charge in [-0.3, -0.25) is 14.4 Å². The van der Waals surface area contributed by atoms with Crippen LogP contribution in [0.1, 0.15) is 51.4 Å². The fourth-order valence-electron chi connectivity index (χ4n) is 6.96. The molecule has 43 heavy (non-hydrogen) atoms. The lowest BCUT2D eigenvalue weighted by Gasteiger charge is -2.45. The molecule has 0 spiro atoms. The third-order valence-electron chi connectivity index (χ3n) is 8.60. The van der Waals surface area contributed by atoms with E-state index in [0.717, 1.165) is 27.2 Å². The van der Waals surface area contributed by atoms with Crippen LogP contribution < -0.4 is 15.0 Å². The Morgan fingerprint density at radius 3 is 1.77 bits per heavy atom. The quantitative estimate of drug-likeness (QED) is 0.239. The van der Waals surface area contributed by atoms with E-state index in [0.29, 0.717) is 18.0 Å². The molecule has 8 nitrogen and oxygen atoms in total. The van der Waals surface area contributed by atoms with Gasteiger partial charge in [-0.2, -0.15) is 0 Å². The van der Waals surface area contributed by atoms with Crippen molar-refractivity contribution in [3.8, 4) is 5.75 Å². The van der Waals surface area contributed by atoms with E-state index in [9.17, 15) is 19.2 Å². The van der Waals surface area contributed by atoms with E-state index in [4.69, 9.17) is 9.47 Å². The summed E-state index contributed by atoms with van der Waals surface area (Å²) in [4.78, 5) is 55.2. The second-order valence-electron chi connectivity index (χ2n) is 10.9. The standard InChI is InChI=1S/C35H28N2O6/c1-2-42-21-17-15-20(16-18-21)36-28(38)19-43-35(41)26-13-7-8-14-27(26)37-33(39)31-29-22-9-3-4-10-23(22)30(32(31)34(37)40)25-12-6-5-11-24(25)29/h3-18,29-32H,2,19H2,1H3,(H,36,38)/t29?,30?,31-,32+. The topological polar surface area (TPSA) is 102 Å². The van der Waals surface area contributed by atoms with Gasteiger partial charge in [0.1, 0.15) is 5.75 Å². The van der Waals surface area contributed by atoms with Crippen molar-refractivity contribution < 1.29 is 28.7 Å². The molecule has 8 heteroatoms. The van der Waals surface area contributed by atoms with Gasteiger partial charge in [-0.1, -0.05) is 60.7 Å². The average molecular weight is 573 g/mol. The van der Waals surface area contributed by atoms with E-state index in [1.165, 1.54) is 6.07 Å². The van der Waals surface area contributed by atoms with Crippen molar-refractivity contribution in [3.63, 3.8) is 0 Å². The third kappa shape index (κ3) is 4.29. The van der Waals surface area contributed by atoms with E-state index in [2.05, 4.69) is 5.32 Å². The van der Waals surface area contributed by atoms with Gasteiger partial charge in [0.15, 0.2) is 6.61 Å². The molecule has 4 aromatic carbocycles. The molecule has 2 bridgehead atoms. The summed E-state index contributed by atoms with van der Waals surface area (Å²) in [5.74, 6) is -2.98. The van der Waals surface area contributed by atoms with E-state index in [1.807, 2.05) is 55.5 Å². The Morgan fingerprint density at radius 1 is 0.721 bits per heavy atom. The molecule has 1 fully saturated rings. The first-order valence-corrected chi connectivity index (χ1v) is 14.3. The smallest absolute Gasteiger partial charge is 0.340 e. The lowest BCUT2D eigenvalue weighted by atomic mass is 9.55. The predicted octanol–water partition coefficient (Wildman–Crippen LogP) is 5.28. The van der Waals surface area contributed by atoms with Crippen LogP contribution >= 0.6 is 0 Å². The first kappa shape index (κ1) is 26.6. The SMILES string of the molecule is CCOc1ccc(NC(=O)COC(=O)c2ccccc2N2C(=O)[C@@H]3C4c5ccccc5C(c5ccccc54)[C@@H]3C2=O)cc1. The number of amides is 3. The second kappa shape index (κ2) is 10.5. The summed E-state index contributed by atoms with van der Waals surface area (Å²) in [5, 5.41) is 2.68. The summed E-state index contributed by atoms with van der Waals surface area (Å²) in [6, 6.07) is 29.3. The van der Waals surface area contributed by atoms with E-state index < -0.39 is 30.3 Å². The molecule has 8 rings (SSSR count). The Labute approximate surface area is 248 Å². The number of esters is 1. The molecule has 4 aromatic rings. The van der Waals surface area contributed by atoms with E-state index >= 15 is 0 Å². The molecule has 3 aliphatic carbocycles. The normalized spacial score (nSPS) is 21.1. The van der Waals surface area contributed by atoms with Crippen molar-refractivity contribution in [2.75, 3.05) is 23.4 Å². The third-order valence-corrected chi connectivity index (χ3v) is 8.60. The lowest BCUT2D eigenvalue weighted by Crippen LogP contribution is -2.41. The zero-order valence-corrected chi connectivity index (χ0v) is 23.4. The minimum Gasteiger partial charge on any atom is -0.494 e. The van der Waals surface area contributed by atoms with Gasteiger partial charge in [0.2, 0.25) is 11.8 Å². The van der Waals surface area contributed by atoms with Crippen molar-refractivity contribution >= 4 is 35.1 Å². The first-order chi connectivity index (χ1) is 21.0. The Bertz CT molecular complexity index is 1670. The maximum atomic E-state index is 14.1. The molecular weight excluding hydrogens is 544 g/mol. The highest BCUT2D eigenvalue weighted by Gasteiger charge is 2.62. The molecule has 214 valence electrons. The Balaban J connectivity index is 1.13. The number of ether oxygens (including phenoxy) is 2. The Kier molecular flexibility index (Phi) is 6.54. The van der Waals surface area contributed by atoms with Crippen molar-refractivity contribution in [2.45, 2.75) is 18.8 Å². The molecule has 4 aliphatic rings. The van der Waals surface area contributed by atoms with E-state index in [1.54, 1.807) is 42.5 Å². The van der Waals surface area contributed by atoms with Crippen LogP contribution in [0.2, 0.25) is 0 Å². The molecule has 0 radical (unpaired) electrons. The molecule has 0 aromatic heterocycles. The van der Waals surface area contributed by atoms with Crippen LogP contribution in [0.3, 0.4) is 0 Å². The summed E-state index contributed by atoms with van der Waals surface area (Å²) >= 11 is 0. The maximum Gasteiger partial charge on any atom is 0.340 e. The number of rotatable bonds is 7. The number of anilines is 2. The number of para-hydroxylation sites is 1. The number of nitrogens with zero attached hydrogens (tertiary/aromatic N) is 1. The minimum absolute atomic E-state index is 0.0408. The summed E-state index contributed by atoms with van der Waals surface area (Å²) in [6.45, 7) is 1.87. The van der Waals surface area contributed by atoms with Gasteiger partial charge in [-0.25, -0.2) is 9.69 Å². The fraction of sp³-hybridized carbons (Fsp3) is 0.200. The van der Waals surface area contributed by atoms with Crippen LogP contribution in [0.25, 0.3) is 0 Å². The number of carbonyl (C=O) groups is 4. The number of nitrogens with one attached hydrogen (secondary N) is 1. The summed E-state index contributed by atoms with van der Waals surface area (Å²) in [5.41, 5.74) is 5.01. The zero-order chi connectivity index (χ0) is 29.7. The lowest BCUT2D eigenvalue weighted by molar-refractivity contribution is -0.122. The highest BCUT2D eigenvalue weighted by atomic mass is 16.5. The molecule has 0 saturated carbocycles. The minimum atomic E-state index is -0.803. The fourth-order valence-corrected chi connectivity index (χ4v) is 6.96. The summed E-state index contributed by atoms with van der Waals surface area (Å²) in [6.07, 6.45) is 0. The van der Waals surface area contributed by atoms with Gasteiger partial charge in [-0.15, -0.1) is 0 Å². The average Bonchev–Trinajstić information content (AvgIpc) is 3.30. The van der Waals surface area contributed by atoms with Crippen LogP contribution in [-0.4, -0.2) is 36.9 Å². The maximum absolute atomic E-state index is 14.1. The van der Waals surface area contributed by atoms with Crippen LogP contribution in [0, 0.1) is 11.8 Å². The van der Waals surface area contributed by atoms with Crippen molar-refractivity contribution in [1.82, 2.24) is 0 Å². The van der Waals surface area contributed by atoms with Gasteiger partial charge in [0.25, 0.3) is 5.91 Å². The van der Waals surface area contributed by atoms with Crippen LogP contribution in [0.15, 0.2) is 97.1 Å². The zero-order valence-electron chi connectivity index (χ0n) is 23.4. The molecule has 1 saturated heterocycles. The molecule has 2 atom stereocenters. The highest BCUT2D eigenvalue weighted by molar-refractivity contribution is 6.25. The van der Waals surface area contributed by atoms with Crippen LogP contribution in [0.4, 0.5) is 11.4 Å². The summed E-state index contributed by atoms with van der Waals surface area (Å²) < 4.78 is 10.8. The van der Waals surface area contributed by atoms with E-state index in [-0.39, 0.29) is 34.9 Å². The molecular formula is C35H28N2O6. The molecule has 1 heterocycles. The van der Waals surface area contributed by atoms with Gasteiger partial charge >= 0.3 is 5.97 Å². The second-order valence-corrected chi connectivity index (χ2v) is 10.9.